The van der Waals surface area contributed by atoms with Gasteiger partial charge in [-0.05, 0) is 51.0 Å². The molecule has 0 unspecified atom stereocenters. The summed E-state index contributed by atoms with van der Waals surface area (Å²) in [6.07, 6.45) is 12.7. The fourth-order valence-corrected chi connectivity index (χ4v) is 2.10. The van der Waals surface area contributed by atoms with Gasteiger partial charge in [0.25, 0.3) is 0 Å². The van der Waals surface area contributed by atoms with E-state index in [0.29, 0.717) is 0 Å². The summed E-state index contributed by atoms with van der Waals surface area (Å²) in [4.78, 5) is 15.6. The molecule has 0 saturated carbocycles. The molecule has 4 rings (SSSR count). The van der Waals surface area contributed by atoms with Crippen LogP contribution in [0.5, 0.6) is 0 Å². The van der Waals surface area contributed by atoms with Gasteiger partial charge in [0, 0.05) is 49.6 Å². The molecule has 0 aliphatic rings. The Balaban J connectivity index is -0.000000167. The zero-order chi connectivity index (χ0) is 27.9. The van der Waals surface area contributed by atoms with Crippen LogP contribution in [0, 0.1) is 27.7 Å². The molecule has 0 saturated heterocycles. The van der Waals surface area contributed by atoms with Crippen LogP contribution >= 0.6 is 11.3 Å². The third-order valence-corrected chi connectivity index (χ3v) is 3.60. The highest BCUT2D eigenvalue weighted by Crippen LogP contribution is 1.98. The number of pyridine rings is 1. The molecule has 0 N–H and O–H groups in total. The molecule has 4 heterocycles. The molecule has 4 aromatic rings. The monoisotopic (exact) mass is 502 g/mol. The van der Waals surface area contributed by atoms with Crippen molar-refractivity contribution in [3.05, 3.63) is 88.9 Å². The lowest BCUT2D eigenvalue weighted by atomic mass is 10.3. The zero-order valence-electron chi connectivity index (χ0n) is 24.4. The van der Waals surface area contributed by atoms with Crippen LogP contribution in [0.1, 0.15) is 77.3 Å². The molecule has 198 valence electrons. The van der Waals surface area contributed by atoms with E-state index >= 15 is 0 Å². The molecule has 4 aromatic heterocycles. The second-order valence-corrected chi connectivity index (χ2v) is 6.67. The van der Waals surface area contributed by atoms with Crippen molar-refractivity contribution in [1.82, 2.24) is 29.7 Å². The van der Waals surface area contributed by atoms with Gasteiger partial charge in [-0.25, -0.2) is 9.97 Å². The van der Waals surface area contributed by atoms with Crippen molar-refractivity contribution in [3.63, 3.8) is 0 Å². The first-order valence-corrected chi connectivity index (χ1v) is 13.3. The predicted octanol–water partition coefficient (Wildman–Crippen LogP) is 8.46. The Kier molecular flexibility index (Phi) is 37.3. The number of aromatic nitrogens is 6. The van der Waals surface area contributed by atoms with Crippen LogP contribution in [0.3, 0.4) is 0 Å². The van der Waals surface area contributed by atoms with Crippen molar-refractivity contribution in [2.75, 3.05) is 0 Å². The van der Waals surface area contributed by atoms with Crippen LogP contribution in [0.25, 0.3) is 0 Å². The lowest BCUT2D eigenvalue weighted by Crippen LogP contribution is -1.83. The van der Waals surface area contributed by atoms with E-state index in [1.54, 1.807) is 46.9 Å². The largest absolute Gasteiger partial charge is 0.276 e. The van der Waals surface area contributed by atoms with Crippen LogP contribution in [0.4, 0.5) is 0 Å². The van der Waals surface area contributed by atoms with Gasteiger partial charge in [-0.1, -0.05) is 61.5 Å². The van der Waals surface area contributed by atoms with Crippen LogP contribution in [-0.4, -0.2) is 29.7 Å². The Labute approximate surface area is 220 Å². The Bertz CT molecular complexity index is 778. The minimum absolute atomic E-state index is 0.822. The van der Waals surface area contributed by atoms with Gasteiger partial charge >= 0.3 is 0 Å². The lowest BCUT2D eigenvalue weighted by Gasteiger charge is -1.82. The molecule has 6 nitrogen and oxygen atoms in total. The molecule has 0 bridgehead atoms. The van der Waals surface area contributed by atoms with E-state index in [2.05, 4.69) is 25.0 Å². The molecule has 0 aromatic carbocycles. The van der Waals surface area contributed by atoms with Gasteiger partial charge in [-0.2, -0.15) is 5.10 Å². The van der Waals surface area contributed by atoms with E-state index in [9.17, 15) is 0 Å². The standard InChI is InChI=1S/C6H7N.C5H8N2.C5H6N2.C4H5NS.4C2H6/c1-6-3-2-4-7-5-6;1-5-3-6-7(2)4-5;1-5-6-3-2-4-7-5;1-4-5-2-3-6-4;4*1-2/h2-5H,1H3;3-4H,1-2H3;2-4H,1H3;2-3H,1H3;4*1-2H3. The van der Waals surface area contributed by atoms with E-state index in [4.69, 9.17) is 0 Å². The summed E-state index contributed by atoms with van der Waals surface area (Å²) in [5.74, 6) is 0.822. The van der Waals surface area contributed by atoms with Crippen molar-refractivity contribution in [1.29, 1.82) is 0 Å². The average Bonchev–Trinajstić information content (AvgIpc) is 3.56. The number of thiazole rings is 1. The molecule has 0 aliphatic heterocycles. The Hall–Kier alpha value is -2.93. The van der Waals surface area contributed by atoms with Crippen molar-refractivity contribution in [3.8, 4) is 0 Å². The quantitative estimate of drug-likeness (QED) is 0.241. The highest BCUT2D eigenvalue weighted by atomic mass is 32.1. The molecule has 0 atom stereocenters. The first-order valence-electron chi connectivity index (χ1n) is 12.4. The van der Waals surface area contributed by atoms with Gasteiger partial charge < -0.3 is 0 Å². The highest BCUT2D eigenvalue weighted by Gasteiger charge is 1.81. The normalized spacial score (nSPS) is 7.57. The summed E-state index contributed by atoms with van der Waals surface area (Å²) < 4.78 is 1.79. The maximum Gasteiger partial charge on any atom is 0.125 e. The van der Waals surface area contributed by atoms with Crippen LogP contribution < -0.4 is 0 Å². The molecule has 0 amide bonds. The summed E-state index contributed by atoms with van der Waals surface area (Å²) in [5.41, 5.74) is 2.42. The fourth-order valence-electron chi connectivity index (χ4n) is 1.66. The van der Waals surface area contributed by atoms with Gasteiger partial charge in [0.05, 0.1) is 11.2 Å². The number of rotatable bonds is 0. The molecule has 7 heteroatoms. The second kappa shape index (κ2) is 33.2. The Morgan fingerprint density at radius 3 is 1.40 bits per heavy atom. The molecular weight excluding hydrogens is 452 g/mol. The number of nitrogens with zero attached hydrogens (tertiary/aromatic N) is 6. The van der Waals surface area contributed by atoms with Gasteiger partial charge in [-0.3, -0.25) is 14.6 Å². The van der Waals surface area contributed by atoms with E-state index in [0.717, 1.165) is 10.8 Å². The smallest absolute Gasteiger partial charge is 0.125 e. The molecule has 0 fully saturated rings. The van der Waals surface area contributed by atoms with Gasteiger partial charge in [0.2, 0.25) is 0 Å². The van der Waals surface area contributed by atoms with Gasteiger partial charge in [-0.15, -0.1) is 11.3 Å². The Morgan fingerprint density at radius 1 is 0.657 bits per heavy atom. The topological polar surface area (TPSA) is 69.4 Å². The molecule has 0 aliphatic carbocycles. The third kappa shape index (κ3) is 31.1. The van der Waals surface area contributed by atoms with Gasteiger partial charge in [0.15, 0.2) is 0 Å². The number of aryl methyl sites for hydroxylation is 5. The van der Waals surface area contributed by atoms with Crippen molar-refractivity contribution in [2.24, 2.45) is 7.05 Å². The third-order valence-electron chi connectivity index (χ3n) is 2.89. The van der Waals surface area contributed by atoms with E-state index in [1.165, 1.54) is 11.1 Å². The highest BCUT2D eigenvalue weighted by molar-refractivity contribution is 7.09. The van der Waals surface area contributed by atoms with Crippen molar-refractivity contribution >= 4 is 11.3 Å². The summed E-state index contributed by atoms with van der Waals surface area (Å²) >= 11 is 1.67. The summed E-state index contributed by atoms with van der Waals surface area (Å²) in [7, 11) is 1.91. The number of hydrogen-bond acceptors (Lipinski definition) is 6. The minimum Gasteiger partial charge on any atom is -0.276 e. The first-order chi connectivity index (χ1) is 17.0. The fraction of sp³-hybridized carbons (Fsp3) is 0.464. The maximum atomic E-state index is 3.94. The Morgan fingerprint density at radius 2 is 1.23 bits per heavy atom. The van der Waals surface area contributed by atoms with Crippen molar-refractivity contribution < 1.29 is 0 Å². The van der Waals surface area contributed by atoms with Gasteiger partial charge in [0.1, 0.15) is 5.82 Å². The summed E-state index contributed by atoms with van der Waals surface area (Å²) in [6, 6.07) is 5.75. The molecular formula is C28H50N6S. The summed E-state index contributed by atoms with van der Waals surface area (Å²) in [6.45, 7) is 23.9. The lowest BCUT2D eigenvalue weighted by molar-refractivity contribution is 0.767. The predicted molar refractivity (Wildman–Crippen MR) is 156 cm³/mol. The van der Waals surface area contributed by atoms with Crippen LogP contribution in [0.2, 0.25) is 0 Å². The van der Waals surface area contributed by atoms with Crippen molar-refractivity contribution in [2.45, 2.75) is 83.1 Å². The first kappa shape index (κ1) is 39.3. The molecule has 0 spiro atoms. The minimum atomic E-state index is 0.822. The number of hydrogen-bond donors (Lipinski definition) is 0. The second-order valence-electron chi connectivity index (χ2n) is 5.57. The van der Waals surface area contributed by atoms with E-state index in [-0.39, 0.29) is 0 Å². The maximum absolute atomic E-state index is 3.94. The molecule has 35 heavy (non-hydrogen) atoms. The van der Waals surface area contributed by atoms with Crippen LogP contribution in [0.15, 0.2) is 67.0 Å². The van der Waals surface area contributed by atoms with E-state index < -0.39 is 0 Å². The van der Waals surface area contributed by atoms with E-state index in [1.807, 2.05) is 126 Å². The molecule has 0 radical (unpaired) electrons. The summed E-state index contributed by atoms with van der Waals surface area (Å²) in [5, 5.41) is 7.03. The average molecular weight is 503 g/mol. The zero-order valence-corrected chi connectivity index (χ0v) is 25.3. The SMILES string of the molecule is CC.CC.CC.CC.Cc1cccnc1.Cc1cnn(C)c1.Cc1ncccn1.Cc1nccs1. The van der Waals surface area contributed by atoms with Crippen LogP contribution in [-0.2, 0) is 7.05 Å².